The maximum Gasteiger partial charge on any atom is 0.226 e. The average molecular weight is 408 g/mol. The monoisotopic (exact) mass is 407 g/mol. The van der Waals surface area contributed by atoms with Crippen LogP contribution in [0.25, 0.3) is 11.2 Å². The zero-order chi connectivity index (χ0) is 14.3. The molecule has 0 saturated carbocycles. The van der Waals surface area contributed by atoms with Crippen LogP contribution in [-0.2, 0) is 11.3 Å². The van der Waals surface area contributed by atoms with E-state index in [4.69, 9.17) is 16.3 Å². The van der Waals surface area contributed by atoms with E-state index < -0.39 is 0 Å². The van der Waals surface area contributed by atoms with E-state index >= 15 is 0 Å². The number of nitrogens with zero attached hydrogens (tertiary/aromatic N) is 5. The Kier molecular flexibility index (Phi) is 4.00. The zero-order valence-electron chi connectivity index (χ0n) is 11.3. The minimum absolute atomic E-state index is 0.252. The highest BCUT2D eigenvalue weighted by atomic mass is 127. The summed E-state index contributed by atoms with van der Waals surface area (Å²) in [5.74, 6) is 0.806. The molecular formula is C12H15ClIN5O. The fourth-order valence-corrected chi connectivity index (χ4v) is 3.43. The van der Waals surface area contributed by atoms with Gasteiger partial charge in [0, 0.05) is 35.7 Å². The van der Waals surface area contributed by atoms with Gasteiger partial charge < -0.3 is 14.2 Å². The highest BCUT2D eigenvalue weighted by molar-refractivity contribution is 14.1. The lowest BCUT2D eigenvalue weighted by atomic mass is 10.2. The molecule has 6 nitrogen and oxygen atoms in total. The number of halogens is 2. The quantitative estimate of drug-likeness (QED) is 0.434. The van der Waals surface area contributed by atoms with Crippen LogP contribution >= 0.6 is 34.2 Å². The number of hydrogen-bond acceptors (Lipinski definition) is 5. The number of aromatic nitrogens is 4. The molecule has 3 rings (SSSR count). The largest absolute Gasteiger partial charge is 0.377 e. The Morgan fingerprint density at radius 2 is 2.20 bits per heavy atom. The number of hydrogen-bond donors (Lipinski definition) is 0. The molecule has 2 aromatic heterocycles. The van der Waals surface area contributed by atoms with E-state index in [9.17, 15) is 0 Å². The van der Waals surface area contributed by atoms with Gasteiger partial charge in [-0.15, -0.1) is 0 Å². The molecule has 1 saturated heterocycles. The summed E-state index contributed by atoms with van der Waals surface area (Å²) in [5.41, 5.74) is 1.61. The van der Waals surface area contributed by atoms with Crippen LogP contribution in [0, 0.1) is 3.83 Å². The van der Waals surface area contributed by atoms with Crippen molar-refractivity contribution in [1.29, 1.82) is 0 Å². The van der Waals surface area contributed by atoms with Crippen LogP contribution in [0.15, 0.2) is 0 Å². The van der Waals surface area contributed by atoms with E-state index in [2.05, 4.69) is 56.3 Å². The molecule has 8 heteroatoms. The first kappa shape index (κ1) is 14.3. The topological polar surface area (TPSA) is 56.1 Å². The van der Waals surface area contributed by atoms with Gasteiger partial charge in [0.1, 0.15) is 0 Å². The fraction of sp³-hybridized carbons (Fsp3) is 0.583. The summed E-state index contributed by atoms with van der Waals surface area (Å²) in [7, 11) is 0. The van der Waals surface area contributed by atoms with Crippen LogP contribution in [0.5, 0.6) is 0 Å². The third-order valence-electron chi connectivity index (χ3n) is 3.46. The molecule has 0 spiro atoms. The lowest BCUT2D eigenvalue weighted by molar-refractivity contribution is 0.0986. The molecule has 1 atom stereocenters. The summed E-state index contributed by atoms with van der Waals surface area (Å²) in [6, 6.07) is 0.252. The minimum Gasteiger partial charge on any atom is -0.377 e. The second-order valence-corrected chi connectivity index (χ2v) is 6.03. The van der Waals surface area contributed by atoms with Crippen molar-refractivity contribution in [2.75, 3.05) is 24.7 Å². The van der Waals surface area contributed by atoms with E-state index in [0.717, 1.165) is 33.9 Å². The molecular weight excluding hydrogens is 393 g/mol. The van der Waals surface area contributed by atoms with Crippen molar-refractivity contribution in [3.05, 3.63) is 9.11 Å². The smallest absolute Gasteiger partial charge is 0.226 e. The number of aryl methyl sites for hydroxylation is 1. The van der Waals surface area contributed by atoms with Crippen molar-refractivity contribution >= 4 is 51.2 Å². The standard InChI is InChI=1S/C12H15ClIN5O/c1-3-18-9-8(15-12(18)14)10(17-11(13)16-9)19-4-5-20-6-7(19)2/h7H,3-6H2,1-2H3/t7-/m0/s1. The maximum absolute atomic E-state index is 6.11. The van der Waals surface area contributed by atoms with Gasteiger partial charge in [-0.05, 0) is 25.4 Å². The van der Waals surface area contributed by atoms with Gasteiger partial charge >= 0.3 is 0 Å². The van der Waals surface area contributed by atoms with Crippen LogP contribution in [-0.4, -0.2) is 45.3 Å². The molecule has 2 aromatic rings. The Morgan fingerprint density at radius 3 is 2.90 bits per heavy atom. The fourth-order valence-electron chi connectivity index (χ4n) is 2.46. The second-order valence-electron chi connectivity index (χ2n) is 4.73. The Hall–Kier alpha value is -0.670. The SMILES string of the molecule is CCn1c(I)nc2c(N3CCOC[C@@H]3C)nc(Cl)nc21. The van der Waals surface area contributed by atoms with Crippen LogP contribution < -0.4 is 4.90 Å². The Morgan fingerprint density at radius 1 is 1.40 bits per heavy atom. The number of imidazole rings is 1. The van der Waals surface area contributed by atoms with Gasteiger partial charge in [0.15, 0.2) is 20.8 Å². The Labute approximate surface area is 135 Å². The Bertz CT molecular complexity index is 646. The minimum atomic E-state index is 0.252. The molecule has 1 fully saturated rings. The molecule has 20 heavy (non-hydrogen) atoms. The van der Waals surface area contributed by atoms with Crippen molar-refractivity contribution in [3.8, 4) is 0 Å². The van der Waals surface area contributed by atoms with Crippen LogP contribution in [0.4, 0.5) is 5.82 Å². The summed E-state index contributed by atoms with van der Waals surface area (Å²) >= 11 is 8.32. The molecule has 0 unspecified atom stereocenters. The normalized spacial score (nSPS) is 19.8. The molecule has 0 bridgehead atoms. The second kappa shape index (κ2) is 5.61. The molecule has 1 aliphatic heterocycles. The van der Waals surface area contributed by atoms with Gasteiger partial charge in [-0.1, -0.05) is 0 Å². The lowest BCUT2D eigenvalue weighted by Crippen LogP contribution is -2.44. The summed E-state index contributed by atoms with van der Waals surface area (Å²) < 4.78 is 8.42. The molecule has 1 aliphatic rings. The molecule has 0 N–H and O–H groups in total. The van der Waals surface area contributed by atoms with Gasteiger partial charge in [-0.25, -0.2) is 4.98 Å². The highest BCUT2D eigenvalue weighted by Crippen LogP contribution is 2.28. The highest BCUT2D eigenvalue weighted by Gasteiger charge is 2.25. The summed E-state index contributed by atoms with van der Waals surface area (Å²) in [6.07, 6.45) is 0. The van der Waals surface area contributed by atoms with E-state index in [-0.39, 0.29) is 11.3 Å². The lowest BCUT2D eigenvalue weighted by Gasteiger charge is -2.34. The van der Waals surface area contributed by atoms with Gasteiger partial charge in [0.05, 0.1) is 19.3 Å². The summed E-state index contributed by atoms with van der Waals surface area (Å²) in [4.78, 5) is 15.6. The first-order chi connectivity index (χ1) is 9.61. The first-order valence-corrected chi connectivity index (χ1v) is 8.01. The Balaban J connectivity index is 2.19. The first-order valence-electron chi connectivity index (χ1n) is 6.55. The molecule has 0 aliphatic carbocycles. The van der Waals surface area contributed by atoms with Crippen molar-refractivity contribution in [3.63, 3.8) is 0 Å². The third kappa shape index (κ3) is 2.35. The molecule has 3 heterocycles. The van der Waals surface area contributed by atoms with Crippen molar-refractivity contribution < 1.29 is 4.74 Å². The van der Waals surface area contributed by atoms with Crippen molar-refractivity contribution in [2.24, 2.45) is 0 Å². The number of rotatable bonds is 2. The van der Waals surface area contributed by atoms with Crippen molar-refractivity contribution in [2.45, 2.75) is 26.4 Å². The maximum atomic E-state index is 6.11. The average Bonchev–Trinajstić information content (AvgIpc) is 2.74. The molecule has 0 amide bonds. The molecule has 0 radical (unpaired) electrons. The van der Waals surface area contributed by atoms with Crippen LogP contribution in [0.2, 0.25) is 5.28 Å². The number of anilines is 1. The van der Waals surface area contributed by atoms with Gasteiger partial charge in [0.2, 0.25) is 5.28 Å². The van der Waals surface area contributed by atoms with Gasteiger partial charge in [-0.2, -0.15) is 9.97 Å². The zero-order valence-corrected chi connectivity index (χ0v) is 14.2. The van der Waals surface area contributed by atoms with Crippen LogP contribution in [0.3, 0.4) is 0 Å². The van der Waals surface area contributed by atoms with Crippen molar-refractivity contribution in [1.82, 2.24) is 19.5 Å². The summed E-state index contributed by atoms with van der Waals surface area (Å²) in [6.45, 7) is 7.16. The predicted molar refractivity (Wildman–Crippen MR) is 86.4 cm³/mol. The third-order valence-corrected chi connectivity index (χ3v) is 4.45. The summed E-state index contributed by atoms with van der Waals surface area (Å²) in [5, 5.41) is 0.261. The van der Waals surface area contributed by atoms with Crippen LogP contribution in [0.1, 0.15) is 13.8 Å². The van der Waals surface area contributed by atoms with Gasteiger partial charge in [-0.3, -0.25) is 0 Å². The number of ether oxygens (including phenoxy) is 1. The number of fused-ring (bicyclic) bond motifs is 1. The number of morpholine rings is 1. The van der Waals surface area contributed by atoms with Gasteiger partial charge in [0.25, 0.3) is 0 Å². The van der Waals surface area contributed by atoms with E-state index in [1.54, 1.807) is 0 Å². The van der Waals surface area contributed by atoms with E-state index in [1.807, 2.05) is 4.57 Å². The predicted octanol–water partition coefficient (Wildman–Crippen LogP) is 2.33. The van der Waals surface area contributed by atoms with E-state index in [1.165, 1.54) is 0 Å². The molecule has 108 valence electrons. The van der Waals surface area contributed by atoms with E-state index in [0.29, 0.717) is 13.2 Å². The molecule has 0 aromatic carbocycles.